The van der Waals surface area contributed by atoms with Crippen LogP contribution in [0.1, 0.15) is 16.7 Å². The van der Waals surface area contributed by atoms with E-state index in [-0.39, 0.29) is 10.8 Å². The number of anilines is 1. The van der Waals surface area contributed by atoms with Gasteiger partial charge in [-0.05, 0) is 17.2 Å². The van der Waals surface area contributed by atoms with Gasteiger partial charge in [-0.25, -0.2) is 9.07 Å². The Morgan fingerprint density at radius 2 is 1.74 bits per heavy atom. The normalized spacial score (nSPS) is 13.4. The molecule has 0 saturated carbocycles. The van der Waals surface area contributed by atoms with Gasteiger partial charge in [-0.3, -0.25) is 0 Å². The summed E-state index contributed by atoms with van der Waals surface area (Å²) < 4.78 is 16.0. The average Bonchev–Trinajstić information content (AvgIpc) is 3.17. The van der Waals surface area contributed by atoms with Crippen LogP contribution in [0.15, 0.2) is 54.7 Å². The van der Waals surface area contributed by atoms with Crippen LogP contribution in [0.4, 0.5) is 10.2 Å². The van der Waals surface area contributed by atoms with E-state index < -0.39 is 0 Å². The van der Waals surface area contributed by atoms with E-state index in [1.54, 1.807) is 24.4 Å². The lowest BCUT2D eigenvalue weighted by molar-refractivity contribution is 0.582. The topological polar surface area (TPSA) is 21.1 Å². The summed E-state index contributed by atoms with van der Waals surface area (Å²) in [5, 5.41) is 4.50. The van der Waals surface area contributed by atoms with Crippen molar-refractivity contribution in [2.45, 2.75) is 19.6 Å². The lowest BCUT2D eigenvalue weighted by atomic mass is 10.1. The molecule has 0 N–H and O–H groups in total. The van der Waals surface area contributed by atoms with Crippen molar-refractivity contribution in [2.75, 3.05) is 4.90 Å². The number of hydrogen-bond acceptors (Lipinski definition) is 2. The first-order chi connectivity index (χ1) is 11.2. The van der Waals surface area contributed by atoms with Crippen molar-refractivity contribution in [2.24, 2.45) is 0 Å². The standard InChI is InChI=1S/C18H15ClFN3/c19-16-7-3-6-15(18(16)20)12-23-17(8-9-21-23)22-10-13-4-1-2-5-14(13)11-22/h1-9H,10-12H2. The highest BCUT2D eigenvalue weighted by atomic mass is 35.5. The highest BCUT2D eigenvalue weighted by molar-refractivity contribution is 6.30. The van der Waals surface area contributed by atoms with Crippen molar-refractivity contribution in [1.82, 2.24) is 9.78 Å². The van der Waals surface area contributed by atoms with Crippen LogP contribution in [0.2, 0.25) is 5.02 Å². The average molecular weight is 328 g/mol. The predicted octanol–water partition coefficient (Wildman–Crippen LogP) is 4.24. The van der Waals surface area contributed by atoms with E-state index in [2.05, 4.69) is 34.3 Å². The van der Waals surface area contributed by atoms with Crippen LogP contribution in [-0.4, -0.2) is 9.78 Å². The van der Waals surface area contributed by atoms with Gasteiger partial charge < -0.3 is 4.90 Å². The molecule has 1 aliphatic rings. The lowest BCUT2D eigenvalue weighted by Gasteiger charge is -2.19. The van der Waals surface area contributed by atoms with E-state index in [0.29, 0.717) is 12.1 Å². The maximum Gasteiger partial charge on any atom is 0.146 e. The molecule has 1 aromatic heterocycles. The van der Waals surface area contributed by atoms with E-state index in [1.165, 1.54) is 11.1 Å². The Labute approximate surface area is 138 Å². The Hall–Kier alpha value is -2.33. The largest absolute Gasteiger partial charge is 0.348 e. The summed E-state index contributed by atoms with van der Waals surface area (Å²) in [5.41, 5.74) is 3.20. The number of hydrogen-bond donors (Lipinski definition) is 0. The summed E-state index contributed by atoms with van der Waals surface area (Å²) in [6.07, 6.45) is 1.75. The number of fused-ring (bicyclic) bond motifs is 1. The molecule has 0 aliphatic carbocycles. The molecule has 3 nitrogen and oxygen atoms in total. The second-order valence-electron chi connectivity index (χ2n) is 5.68. The molecule has 4 rings (SSSR count). The van der Waals surface area contributed by atoms with Gasteiger partial charge in [0.05, 0.1) is 17.8 Å². The summed E-state index contributed by atoms with van der Waals surface area (Å²) >= 11 is 5.87. The highest BCUT2D eigenvalue weighted by Gasteiger charge is 2.21. The Kier molecular flexibility index (Phi) is 3.54. The van der Waals surface area contributed by atoms with Gasteiger partial charge in [0, 0.05) is 24.7 Å². The van der Waals surface area contributed by atoms with Crippen molar-refractivity contribution in [3.05, 3.63) is 82.3 Å². The molecule has 23 heavy (non-hydrogen) atoms. The van der Waals surface area contributed by atoms with Crippen LogP contribution in [0.25, 0.3) is 0 Å². The van der Waals surface area contributed by atoms with E-state index in [4.69, 9.17) is 11.6 Å². The Bertz CT molecular complexity index is 834. The minimum Gasteiger partial charge on any atom is -0.348 e. The smallest absolute Gasteiger partial charge is 0.146 e. The fourth-order valence-corrected chi connectivity index (χ4v) is 3.24. The highest BCUT2D eigenvalue weighted by Crippen LogP contribution is 2.28. The molecule has 0 fully saturated rings. The molecule has 2 aromatic carbocycles. The maximum absolute atomic E-state index is 14.1. The molecule has 0 spiro atoms. The van der Waals surface area contributed by atoms with Gasteiger partial charge in [0.25, 0.3) is 0 Å². The fourth-order valence-electron chi connectivity index (χ4n) is 3.04. The second-order valence-corrected chi connectivity index (χ2v) is 6.09. The fraction of sp³-hybridized carbons (Fsp3) is 0.167. The molecule has 0 unspecified atom stereocenters. The third kappa shape index (κ3) is 2.59. The number of nitrogens with zero attached hydrogens (tertiary/aromatic N) is 3. The van der Waals surface area contributed by atoms with Crippen molar-refractivity contribution >= 4 is 17.4 Å². The number of benzene rings is 2. The molecule has 0 radical (unpaired) electrons. The monoisotopic (exact) mass is 327 g/mol. The molecule has 116 valence electrons. The van der Waals surface area contributed by atoms with Gasteiger partial charge in [-0.2, -0.15) is 5.10 Å². The second kappa shape index (κ2) is 5.70. The van der Waals surface area contributed by atoms with Gasteiger partial charge in [0.1, 0.15) is 11.6 Å². The molecular formula is C18H15ClFN3. The van der Waals surface area contributed by atoms with Crippen LogP contribution >= 0.6 is 11.6 Å². The number of aromatic nitrogens is 2. The van der Waals surface area contributed by atoms with Gasteiger partial charge in [0.2, 0.25) is 0 Å². The van der Waals surface area contributed by atoms with Crippen molar-refractivity contribution in [3.8, 4) is 0 Å². The van der Waals surface area contributed by atoms with Gasteiger partial charge in [-0.1, -0.05) is 48.0 Å². The summed E-state index contributed by atoms with van der Waals surface area (Å²) in [4.78, 5) is 2.25. The Morgan fingerprint density at radius 1 is 1.00 bits per heavy atom. The first kappa shape index (κ1) is 14.3. The van der Waals surface area contributed by atoms with Crippen LogP contribution < -0.4 is 4.90 Å². The summed E-state index contributed by atoms with van der Waals surface area (Å²) in [7, 11) is 0. The van der Waals surface area contributed by atoms with Crippen molar-refractivity contribution in [1.29, 1.82) is 0 Å². The zero-order chi connectivity index (χ0) is 15.8. The van der Waals surface area contributed by atoms with Crippen LogP contribution in [0.5, 0.6) is 0 Å². The van der Waals surface area contributed by atoms with E-state index in [0.717, 1.165) is 18.9 Å². The maximum atomic E-state index is 14.1. The molecule has 0 amide bonds. The summed E-state index contributed by atoms with van der Waals surface area (Å²) in [6.45, 7) is 2.06. The molecule has 1 aliphatic heterocycles. The predicted molar refractivity (Wildman–Crippen MR) is 89.1 cm³/mol. The van der Waals surface area contributed by atoms with E-state index in [1.807, 2.05) is 10.7 Å². The first-order valence-corrected chi connectivity index (χ1v) is 7.86. The van der Waals surface area contributed by atoms with E-state index >= 15 is 0 Å². The number of halogens is 2. The third-order valence-corrected chi connectivity index (χ3v) is 4.50. The van der Waals surface area contributed by atoms with Crippen molar-refractivity contribution < 1.29 is 4.39 Å². The first-order valence-electron chi connectivity index (χ1n) is 7.49. The van der Waals surface area contributed by atoms with Gasteiger partial charge in [-0.15, -0.1) is 0 Å². The Morgan fingerprint density at radius 3 is 2.48 bits per heavy atom. The zero-order valence-corrected chi connectivity index (χ0v) is 13.2. The SMILES string of the molecule is Fc1c(Cl)cccc1Cn1nccc1N1Cc2ccccc2C1. The van der Waals surface area contributed by atoms with Gasteiger partial charge in [0.15, 0.2) is 0 Å². The zero-order valence-electron chi connectivity index (χ0n) is 12.4. The minimum atomic E-state index is -0.375. The third-order valence-electron chi connectivity index (χ3n) is 4.21. The summed E-state index contributed by atoms with van der Waals surface area (Å²) in [6, 6.07) is 15.4. The Balaban J connectivity index is 1.62. The molecular weight excluding hydrogens is 313 g/mol. The molecule has 3 aromatic rings. The minimum absolute atomic E-state index is 0.143. The quantitative estimate of drug-likeness (QED) is 0.717. The van der Waals surface area contributed by atoms with E-state index in [9.17, 15) is 4.39 Å². The van der Waals surface area contributed by atoms with Crippen LogP contribution in [0, 0.1) is 5.82 Å². The van der Waals surface area contributed by atoms with Crippen LogP contribution in [0.3, 0.4) is 0 Å². The molecule has 0 atom stereocenters. The molecule has 2 heterocycles. The molecule has 0 bridgehead atoms. The van der Waals surface area contributed by atoms with Crippen LogP contribution in [-0.2, 0) is 19.6 Å². The van der Waals surface area contributed by atoms with Gasteiger partial charge >= 0.3 is 0 Å². The molecule has 5 heteroatoms. The number of rotatable bonds is 3. The lowest BCUT2D eigenvalue weighted by Crippen LogP contribution is -2.19. The summed E-state index contributed by atoms with van der Waals surface area (Å²) in [5.74, 6) is 0.612. The molecule has 0 saturated heterocycles. The van der Waals surface area contributed by atoms with Crippen molar-refractivity contribution in [3.63, 3.8) is 0 Å².